The average molecular weight is 386 g/mol. The van der Waals surface area contributed by atoms with Gasteiger partial charge in [-0.25, -0.2) is 13.6 Å². The van der Waals surface area contributed by atoms with E-state index >= 15 is 0 Å². The maximum Gasteiger partial charge on any atom is 0.240 e. The summed E-state index contributed by atoms with van der Waals surface area (Å²) in [7, 11) is -1.74. The molecule has 27 heavy (non-hydrogen) atoms. The molecule has 0 aliphatic carbocycles. The van der Waals surface area contributed by atoms with Gasteiger partial charge in [0.15, 0.2) is 5.82 Å². The Morgan fingerprint density at radius 2 is 1.78 bits per heavy atom. The number of nitrogens with two attached hydrogens (primary N) is 1. The zero-order chi connectivity index (χ0) is 19.4. The Balaban J connectivity index is 1.64. The van der Waals surface area contributed by atoms with Gasteiger partial charge in [-0.2, -0.15) is 4.98 Å². The average Bonchev–Trinajstić information content (AvgIpc) is 3.08. The van der Waals surface area contributed by atoms with Gasteiger partial charge in [0, 0.05) is 12.5 Å². The SMILES string of the molecule is C[C@H](c1ccc(S(N)(=O)=O)cc1)N(C)Cc1nc(Cc2ccccc2)no1. The number of rotatable bonds is 7. The molecule has 0 saturated heterocycles. The van der Waals surface area contributed by atoms with Gasteiger partial charge in [-0.1, -0.05) is 47.6 Å². The fraction of sp³-hybridized carbons (Fsp3) is 0.263. The number of hydrogen-bond acceptors (Lipinski definition) is 6. The molecule has 0 aliphatic heterocycles. The van der Waals surface area contributed by atoms with Crippen molar-refractivity contribution in [3.05, 3.63) is 77.4 Å². The van der Waals surface area contributed by atoms with Crippen LogP contribution in [0.4, 0.5) is 0 Å². The third kappa shape index (κ3) is 5.00. The van der Waals surface area contributed by atoms with Gasteiger partial charge in [-0.05, 0) is 37.2 Å². The molecule has 0 fully saturated rings. The molecule has 8 heteroatoms. The number of aromatic nitrogens is 2. The van der Waals surface area contributed by atoms with Crippen LogP contribution in [0, 0.1) is 0 Å². The predicted molar refractivity (Wildman–Crippen MR) is 101 cm³/mol. The first-order valence-corrected chi connectivity index (χ1v) is 10.1. The summed E-state index contributed by atoms with van der Waals surface area (Å²) in [5.41, 5.74) is 2.09. The minimum atomic E-state index is -3.68. The van der Waals surface area contributed by atoms with Crippen molar-refractivity contribution in [1.82, 2.24) is 15.0 Å². The fourth-order valence-corrected chi connectivity index (χ4v) is 3.26. The first kappa shape index (κ1) is 19.2. The summed E-state index contributed by atoms with van der Waals surface area (Å²) in [4.78, 5) is 6.60. The maximum atomic E-state index is 11.4. The van der Waals surface area contributed by atoms with E-state index in [1.54, 1.807) is 12.1 Å². The maximum absolute atomic E-state index is 11.4. The van der Waals surface area contributed by atoms with Gasteiger partial charge in [-0.3, -0.25) is 4.90 Å². The van der Waals surface area contributed by atoms with Crippen LogP contribution in [0.25, 0.3) is 0 Å². The van der Waals surface area contributed by atoms with Gasteiger partial charge in [0.1, 0.15) is 0 Å². The van der Waals surface area contributed by atoms with E-state index < -0.39 is 10.0 Å². The molecule has 0 saturated carbocycles. The number of primary sulfonamides is 1. The highest BCUT2D eigenvalue weighted by Gasteiger charge is 2.17. The Bertz CT molecular complexity index is 985. The van der Waals surface area contributed by atoms with Crippen molar-refractivity contribution >= 4 is 10.0 Å². The molecule has 0 unspecified atom stereocenters. The molecule has 7 nitrogen and oxygen atoms in total. The van der Waals surface area contributed by atoms with Gasteiger partial charge >= 0.3 is 0 Å². The van der Waals surface area contributed by atoms with Crippen molar-refractivity contribution in [2.45, 2.75) is 30.8 Å². The second kappa shape index (κ2) is 7.99. The largest absolute Gasteiger partial charge is 0.338 e. The summed E-state index contributed by atoms with van der Waals surface area (Å²) in [5, 5.41) is 9.18. The minimum absolute atomic E-state index is 0.0315. The third-order valence-electron chi connectivity index (χ3n) is 4.45. The first-order valence-electron chi connectivity index (χ1n) is 8.51. The summed E-state index contributed by atoms with van der Waals surface area (Å²) in [5.74, 6) is 1.19. The van der Waals surface area contributed by atoms with Gasteiger partial charge in [0.05, 0.1) is 11.4 Å². The van der Waals surface area contributed by atoms with Crippen LogP contribution in [0.2, 0.25) is 0 Å². The van der Waals surface area contributed by atoms with Crippen LogP contribution in [0.15, 0.2) is 64.0 Å². The molecule has 1 atom stereocenters. The Kier molecular flexibility index (Phi) is 5.69. The number of nitrogens with zero attached hydrogens (tertiary/aromatic N) is 3. The van der Waals surface area contributed by atoms with Crippen LogP contribution >= 0.6 is 0 Å². The molecular formula is C19H22N4O3S. The Hall–Kier alpha value is -2.55. The third-order valence-corrected chi connectivity index (χ3v) is 5.38. The Labute approximate surface area is 158 Å². The number of benzene rings is 2. The standard InChI is InChI=1S/C19H22N4O3S/c1-14(16-8-10-17(11-9-16)27(20,24)25)23(2)13-19-21-18(22-26-19)12-15-6-4-3-5-7-15/h3-11,14H,12-13H2,1-2H3,(H2,20,24,25)/t14-/m1/s1. The van der Waals surface area contributed by atoms with Gasteiger partial charge in [-0.15, -0.1) is 0 Å². The van der Waals surface area contributed by atoms with Gasteiger partial charge < -0.3 is 4.52 Å². The molecule has 3 rings (SSSR count). The van der Waals surface area contributed by atoms with E-state index in [-0.39, 0.29) is 10.9 Å². The quantitative estimate of drug-likeness (QED) is 0.669. The molecule has 1 heterocycles. The van der Waals surface area contributed by atoms with Crippen molar-refractivity contribution < 1.29 is 12.9 Å². The summed E-state index contributed by atoms with van der Waals surface area (Å²) < 4.78 is 28.1. The van der Waals surface area contributed by atoms with Crippen LogP contribution in [-0.2, 0) is 23.0 Å². The molecule has 0 amide bonds. The zero-order valence-electron chi connectivity index (χ0n) is 15.2. The van der Waals surface area contributed by atoms with E-state index in [0.717, 1.165) is 11.1 Å². The Morgan fingerprint density at radius 3 is 2.41 bits per heavy atom. The number of sulfonamides is 1. The lowest BCUT2D eigenvalue weighted by molar-refractivity contribution is 0.216. The molecule has 0 aliphatic rings. The minimum Gasteiger partial charge on any atom is -0.338 e. The van der Waals surface area contributed by atoms with E-state index in [0.29, 0.717) is 24.7 Å². The van der Waals surface area contributed by atoms with E-state index in [4.69, 9.17) is 9.66 Å². The van der Waals surface area contributed by atoms with E-state index in [1.165, 1.54) is 12.1 Å². The molecule has 1 aromatic heterocycles. The van der Waals surface area contributed by atoms with Crippen LogP contribution in [0.3, 0.4) is 0 Å². The lowest BCUT2D eigenvalue weighted by atomic mass is 10.1. The highest BCUT2D eigenvalue weighted by molar-refractivity contribution is 7.89. The Morgan fingerprint density at radius 1 is 1.11 bits per heavy atom. The van der Waals surface area contributed by atoms with Gasteiger partial charge in [0.2, 0.25) is 15.9 Å². The lowest BCUT2D eigenvalue weighted by Gasteiger charge is -2.23. The molecule has 2 aromatic carbocycles. The molecule has 0 bridgehead atoms. The van der Waals surface area contributed by atoms with Crippen LogP contribution in [0.5, 0.6) is 0 Å². The van der Waals surface area contributed by atoms with E-state index in [2.05, 4.69) is 10.1 Å². The van der Waals surface area contributed by atoms with E-state index in [9.17, 15) is 8.42 Å². The second-order valence-corrected chi connectivity index (χ2v) is 8.03. The summed E-state index contributed by atoms with van der Waals surface area (Å²) in [6, 6.07) is 16.6. The highest BCUT2D eigenvalue weighted by atomic mass is 32.2. The van der Waals surface area contributed by atoms with Crippen molar-refractivity contribution in [3.8, 4) is 0 Å². The molecule has 0 radical (unpaired) electrons. The second-order valence-electron chi connectivity index (χ2n) is 6.47. The number of hydrogen-bond donors (Lipinski definition) is 1. The molecular weight excluding hydrogens is 364 g/mol. The zero-order valence-corrected chi connectivity index (χ0v) is 16.1. The van der Waals surface area contributed by atoms with Crippen molar-refractivity contribution in [3.63, 3.8) is 0 Å². The van der Waals surface area contributed by atoms with Crippen molar-refractivity contribution in [2.24, 2.45) is 5.14 Å². The summed E-state index contributed by atoms with van der Waals surface area (Å²) in [6.45, 7) is 2.51. The molecule has 0 spiro atoms. The molecule has 142 valence electrons. The fourth-order valence-electron chi connectivity index (χ4n) is 2.75. The molecule has 2 N–H and O–H groups in total. The lowest BCUT2D eigenvalue weighted by Crippen LogP contribution is -2.22. The van der Waals surface area contributed by atoms with Crippen LogP contribution in [-0.4, -0.2) is 30.5 Å². The summed E-state index contributed by atoms with van der Waals surface area (Å²) >= 11 is 0. The smallest absolute Gasteiger partial charge is 0.240 e. The van der Waals surface area contributed by atoms with Crippen molar-refractivity contribution in [2.75, 3.05) is 7.05 Å². The summed E-state index contributed by atoms with van der Waals surface area (Å²) in [6.07, 6.45) is 0.624. The van der Waals surface area contributed by atoms with Gasteiger partial charge in [0.25, 0.3) is 0 Å². The van der Waals surface area contributed by atoms with Crippen molar-refractivity contribution in [1.29, 1.82) is 0 Å². The first-order chi connectivity index (χ1) is 12.8. The van der Waals surface area contributed by atoms with E-state index in [1.807, 2.05) is 49.2 Å². The predicted octanol–water partition coefficient (Wildman–Crippen LogP) is 2.50. The normalized spacial score (nSPS) is 13.0. The highest BCUT2D eigenvalue weighted by Crippen LogP contribution is 2.22. The van der Waals surface area contributed by atoms with Crippen LogP contribution < -0.4 is 5.14 Å². The topological polar surface area (TPSA) is 102 Å². The molecule has 3 aromatic rings. The monoisotopic (exact) mass is 386 g/mol. The van der Waals surface area contributed by atoms with Crippen LogP contribution in [0.1, 0.15) is 35.8 Å².